The molecule has 0 atom stereocenters. The predicted molar refractivity (Wildman–Crippen MR) is 107 cm³/mol. The Hall–Kier alpha value is -2.71. The van der Waals surface area contributed by atoms with Crippen molar-refractivity contribution in [2.45, 2.75) is 24.6 Å². The maximum atomic E-state index is 12.7. The molecule has 2 aromatic heterocycles. The molecule has 9 heteroatoms. The van der Waals surface area contributed by atoms with Crippen LogP contribution in [0, 0.1) is 0 Å². The van der Waals surface area contributed by atoms with E-state index < -0.39 is 0 Å². The third kappa shape index (κ3) is 4.07. The van der Waals surface area contributed by atoms with Gasteiger partial charge in [-0.3, -0.25) is 9.59 Å². The largest absolute Gasteiger partial charge is 0.467 e. The highest BCUT2D eigenvalue weighted by atomic mass is 35.5. The summed E-state index contributed by atoms with van der Waals surface area (Å²) < 4.78 is 6.76. The summed E-state index contributed by atoms with van der Waals surface area (Å²) in [4.78, 5) is 25.0. The van der Waals surface area contributed by atoms with Gasteiger partial charge in [0, 0.05) is 27.7 Å². The summed E-state index contributed by atoms with van der Waals surface area (Å²) in [6.45, 7) is 0.302. The van der Waals surface area contributed by atoms with E-state index in [1.54, 1.807) is 59.1 Å². The van der Waals surface area contributed by atoms with E-state index in [2.05, 4.69) is 15.7 Å². The molecule has 28 heavy (non-hydrogen) atoms. The minimum absolute atomic E-state index is 0.00351. The zero-order valence-corrected chi connectivity index (χ0v) is 16.3. The molecule has 0 bridgehead atoms. The molecule has 1 aliphatic rings. The van der Waals surface area contributed by atoms with E-state index in [-0.39, 0.29) is 18.4 Å². The fourth-order valence-corrected chi connectivity index (χ4v) is 4.15. The summed E-state index contributed by atoms with van der Waals surface area (Å²) in [5, 5.41) is 10.7. The third-order valence-electron chi connectivity index (χ3n) is 4.27. The summed E-state index contributed by atoms with van der Waals surface area (Å²) in [6.07, 6.45) is 1.56. The van der Waals surface area contributed by atoms with Gasteiger partial charge in [0.2, 0.25) is 5.91 Å². The number of thioether (sulfide) groups is 1. The van der Waals surface area contributed by atoms with Gasteiger partial charge in [-0.25, -0.2) is 4.68 Å². The Bertz CT molecular complexity index is 1020. The molecule has 0 radical (unpaired) electrons. The number of furan rings is 1. The first kappa shape index (κ1) is 18.6. The number of rotatable bonds is 6. The highest BCUT2D eigenvalue weighted by Crippen LogP contribution is 2.34. The van der Waals surface area contributed by atoms with Crippen molar-refractivity contribution in [3.8, 4) is 0 Å². The van der Waals surface area contributed by atoms with Crippen LogP contribution in [0.4, 0.5) is 5.82 Å². The molecule has 3 heterocycles. The maximum absolute atomic E-state index is 12.7. The van der Waals surface area contributed by atoms with Crippen molar-refractivity contribution >= 4 is 41.0 Å². The van der Waals surface area contributed by atoms with Crippen LogP contribution in [0.15, 0.2) is 47.1 Å². The van der Waals surface area contributed by atoms with Gasteiger partial charge in [-0.2, -0.15) is 16.9 Å². The first-order valence-corrected chi connectivity index (χ1v) is 10.2. The van der Waals surface area contributed by atoms with Gasteiger partial charge in [0.05, 0.1) is 18.5 Å². The number of nitrogens with one attached hydrogen (secondary N) is 2. The lowest BCUT2D eigenvalue weighted by Gasteiger charge is -2.11. The van der Waals surface area contributed by atoms with Crippen molar-refractivity contribution in [1.82, 2.24) is 15.1 Å². The number of halogens is 1. The number of benzene rings is 1. The molecule has 1 aromatic carbocycles. The Morgan fingerprint density at radius 3 is 2.93 bits per heavy atom. The smallest absolute Gasteiger partial charge is 0.256 e. The lowest BCUT2D eigenvalue weighted by Crippen LogP contribution is -2.28. The SMILES string of the molecule is O=C(Cn1nc2c(c1NC(=O)c1cccc(Cl)c1)CSC2)NCc1ccco1. The van der Waals surface area contributed by atoms with Crippen molar-refractivity contribution in [3.63, 3.8) is 0 Å². The van der Waals surface area contributed by atoms with Gasteiger partial charge >= 0.3 is 0 Å². The van der Waals surface area contributed by atoms with Gasteiger partial charge in [-0.15, -0.1) is 0 Å². The van der Waals surface area contributed by atoms with Crippen molar-refractivity contribution in [3.05, 3.63) is 70.3 Å². The van der Waals surface area contributed by atoms with Crippen LogP contribution in [0.1, 0.15) is 27.4 Å². The van der Waals surface area contributed by atoms with E-state index in [1.165, 1.54) is 0 Å². The molecule has 4 rings (SSSR count). The minimum atomic E-state index is -0.292. The fraction of sp³-hybridized carbons (Fsp3) is 0.211. The molecule has 2 amide bonds. The van der Waals surface area contributed by atoms with Gasteiger partial charge in [0.1, 0.15) is 18.1 Å². The zero-order valence-electron chi connectivity index (χ0n) is 14.8. The Morgan fingerprint density at radius 1 is 1.25 bits per heavy atom. The maximum Gasteiger partial charge on any atom is 0.256 e. The van der Waals surface area contributed by atoms with Crippen molar-refractivity contribution in [2.24, 2.45) is 0 Å². The van der Waals surface area contributed by atoms with Crippen molar-refractivity contribution in [2.75, 3.05) is 5.32 Å². The predicted octanol–water partition coefficient (Wildman–Crippen LogP) is 3.45. The average molecular weight is 417 g/mol. The second-order valence-corrected chi connectivity index (χ2v) is 7.67. The summed E-state index contributed by atoms with van der Waals surface area (Å²) >= 11 is 7.70. The Labute approximate surface area is 170 Å². The van der Waals surface area contributed by atoms with Crippen LogP contribution in [0.2, 0.25) is 5.02 Å². The van der Waals surface area contributed by atoms with Crippen molar-refractivity contribution in [1.29, 1.82) is 0 Å². The molecule has 1 aliphatic heterocycles. The van der Waals surface area contributed by atoms with Crippen LogP contribution in [0.5, 0.6) is 0 Å². The third-order valence-corrected chi connectivity index (χ3v) is 5.48. The van der Waals surface area contributed by atoms with Crippen molar-refractivity contribution < 1.29 is 14.0 Å². The summed E-state index contributed by atoms with van der Waals surface area (Å²) in [5.74, 6) is 2.22. The lowest BCUT2D eigenvalue weighted by atomic mass is 10.2. The van der Waals surface area contributed by atoms with Crippen LogP contribution in [-0.2, 0) is 29.4 Å². The van der Waals surface area contributed by atoms with Gasteiger partial charge in [0.25, 0.3) is 5.91 Å². The average Bonchev–Trinajstić information content (AvgIpc) is 3.40. The molecule has 144 valence electrons. The second kappa shape index (κ2) is 8.12. The summed E-state index contributed by atoms with van der Waals surface area (Å²) in [6, 6.07) is 10.3. The molecular weight excluding hydrogens is 400 g/mol. The number of aromatic nitrogens is 2. The minimum Gasteiger partial charge on any atom is -0.467 e. The Kier molecular flexibility index (Phi) is 5.40. The quantitative estimate of drug-likeness (QED) is 0.642. The number of hydrogen-bond acceptors (Lipinski definition) is 5. The topological polar surface area (TPSA) is 89.2 Å². The van der Waals surface area contributed by atoms with E-state index in [0.29, 0.717) is 28.7 Å². The molecule has 0 saturated carbocycles. The van der Waals surface area contributed by atoms with Crippen LogP contribution in [0.25, 0.3) is 0 Å². The van der Waals surface area contributed by atoms with E-state index >= 15 is 0 Å². The Morgan fingerprint density at radius 2 is 2.14 bits per heavy atom. The first-order valence-electron chi connectivity index (χ1n) is 8.62. The zero-order chi connectivity index (χ0) is 19.5. The van der Waals surface area contributed by atoms with Gasteiger partial charge < -0.3 is 15.1 Å². The monoisotopic (exact) mass is 416 g/mol. The second-order valence-electron chi connectivity index (χ2n) is 6.24. The number of hydrogen-bond donors (Lipinski definition) is 2. The number of nitrogens with zero attached hydrogens (tertiary/aromatic N) is 2. The van der Waals surface area contributed by atoms with Gasteiger partial charge in [0.15, 0.2) is 0 Å². The van der Waals surface area contributed by atoms with Gasteiger partial charge in [-0.05, 0) is 30.3 Å². The first-order chi connectivity index (χ1) is 13.6. The van der Waals surface area contributed by atoms with E-state index in [4.69, 9.17) is 16.0 Å². The van der Waals surface area contributed by atoms with Crippen LogP contribution >= 0.6 is 23.4 Å². The number of fused-ring (bicyclic) bond motifs is 1. The molecule has 3 aromatic rings. The van der Waals surface area contributed by atoms with E-state index in [1.807, 2.05) is 0 Å². The van der Waals surface area contributed by atoms with Gasteiger partial charge in [-0.1, -0.05) is 17.7 Å². The summed E-state index contributed by atoms with van der Waals surface area (Å²) in [5.41, 5.74) is 2.30. The normalized spacial score (nSPS) is 12.6. The molecule has 2 N–H and O–H groups in total. The fourth-order valence-electron chi connectivity index (χ4n) is 2.92. The van der Waals surface area contributed by atoms with Crippen LogP contribution in [-0.4, -0.2) is 21.6 Å². The lowest BCUT2D eigenvalue weighted by molar-refractivity contribution is -0.122. The van der Waals surface area contributed by atoms with Crippen LogP contribution < -0.4 is 10.6 Å². The molecule has 0 saturated heterocycles. The van der Waals surface area contributed by atoms with E-state index in [9.17, 15) is 9.59 Å². The van der Waals surface area contributed by atoms with Crippen LogP contribution in [0.3, 0.4) is 0 Å². The highest BCUT2D eigenvalue weighted by molar-refractivity contribution is 7.98. The number of amides is 2. The number of carbonyl (C=O) groups is 2. The number of carbonyl (C=O) groups excluding carboxylic acids is 2. The molecule has 0 aliphatic carbocycles. The molecular formula is C19H17ClN4O3S. The molecule has 0 spiro atoms. The number of anilines is 1. The standard InChI is InChI=1S/C19H17ClN4O3S/c20-13-4-1-3-12(7-13)19(26)22-18-15-10-28-11-16(15)23-24(18)9-17(25)21-8-14-5-2-6-27-14/h1-7H,8-11H2,(H,21,25)(H,22,26). The summed E-state index contributed by atoms with van der Waals surface area (Å²) in [7, 11) is 0. The Balaban J connectivity index is 1.50. The molecule has 0 unspecified atom stereocenters. The van der Waals surface area contributed by atoms with E-state index in [0.717, 1.165) is 22.8 Å². The molecule has 0 fully saturated rings. The highest BCUT2D eigenvalue weighted by Gasteiger charge is 2.25. The molecule has 7 nitrogen and oxygen atoms in total.